The SMILES string of the molecule is Cc1cc(C)c2[nH]c(=O)c(C=O)cc2c1. The lowest BCUT2D eigenvalue weighted by atomic mass is 10.1. The predicted octanol–water partition coefficient (Wildman–Crippen LogP) is 1.96. The molecule has 1 aromatic carbocycles. The highest BCUT2D eigenvalue weighted by atomic mass is 16.1. The van der Waals surface area contributed by atoms with Gasteiger partial charge < -0.3 is 4.98 Å². The van der Waals surface area contributed by atoms with E-state index >= 15 is 0 Å². The van der Waals surface area contributed by atoms with Crippen molar-refractivity contribution < 1.29 is 4.79 Å². The zero-order valence-electron chi connectivity index (χ0n) is 8.63. The molecule has 0 fully saturated rings. The Labute approximate surface area is 86.8 Å². The third-order valence-electron chi connectivity index (χ3n) is 2.45. The number of aromatic nitrogens is 1. The van der Waals surface area contributed by atoms with Crippen molar-refractivity contribution in [2.45, 2.75) is 13.8 Å². The largest absolute Gasteiger partial charge is 0.321 e. The molecule has 0 bridgehead atoms. The normalized spacial score (nSPS) is 10.5. The van der Waals surface area contributed by atoms with Gasteiger partial charge in [0.25, 0.3) is 5.56 Å². The summed E-state index contributed by atoms with van der Waals surface area (Å²) in [4.78, 5) is 24.8. The van der Waals surface area contributed by atoms with Crippen molar-refractivity contribution in [1.82, 2.24) is 4.98 Å². The van der Waals surface area contributed by atoms with Crippen LogP contribution in [0.15, 0.2) is 23.0 Å². The number of nitrogens with one attached hydrogen (secondary N) is 1. The maximum Gasteiger partial charge on any atom is 0.259 e. The molecular formula is C12H11NO2. The highest BCUT2D eigenvalue weighted by Crippen LogP contribution is 2.17. The van der Waals surface area contributed by atoms with Gasteiger partial charge in [-0.15, -0.1) is 0 Å². The first-order valence-corrected chi connectivity index (χ1v) is 4.71. The number of fused-ring (bicyclic) bond motifs is 1. The predicted molar refractivity (Wildman–Crippen MR) is 59.4 cm³/mol. The summed E-state index contributed by atoms with van der Waals surface area (Å²) in [5, 5.41) is 0.897. The van der Waals surface area contributed by atoms with E-state index in [0.29, 0.717) is 6.29 Å². The summed E-state index contributed by atoms with van der Waals surface area (Å²) in [6.07, 6.45) is 0.579. The monoisotopic (exact) mass is 201 g/mol. The fraction of sp³-hybridized carbons (Fsp3) is 0.167. The fourth-order valence-electron chi connectivity index (χ4n) is 1.79. The number of H-pyrrole nitrogens is 1. The molecular weight excluding hydrogens is 190 g/mol. The Morgan fingerprint density at radius 2 is 1.93 bits per heavy atom. The smallest absolute Gasteiger partial charge is 0.259 e. The number of aromatic amines is 1. The van der Waals surface area contributed by atoms with Crippen LogP contribution < -0.4 is 5.56 Å². The summed E-state index contributed by atoms with van der Waals surface area (Å²) >= 11 is 0. The summed E-state index contributed by atoms with van der Waals surface area (Å²) in [5.74, 6) is 0. The van der Waals surface area contributed by atoms with Gasteiger partial charge in [-0.3, -0.25) is 9.59 Å². The van der Waals surface area contributed by atoms with E-state index in [1.54, 1.807) is 6.07 Å². The summed E-state index contributed by atoms with van der Waals surface area (Å²) in [7, 11) is 0. The Hall–Kier alpha value is -1.90. The summed E-state index contributed by atoms with van der Waals surface area (Å²) in [6.45, 7) is 3.92. The minimum Gasteiger partial charge on any atom is -0.321 e. The third-order valence-corrected chi connectivity index (χ3v) is 2.45. The van der Waals surface area contributed by atoms with Gasteiger partial charge in [-0.2, -0.15) is 0 Å². The molecule has 3 nitrogen and oxygen atoms in total. The molecule has 3 heteroatoms. The average molecular weight is 201 g/mol. The topological polar surface area (TPSA) is 49.9 Å². The minimum absolute atomic E-state index is 0.174. The molecule has 1 aromatic heterocycles. The van der Waals surface area contributed by atoms with E-state index in [-0.39, 0.29) is 11.1 Å². The number of pyridine rings is 1. The molecule has 15 heavy (non-hydrogen) atoms. The lowest BCUT2D eigenvalue weighted by molar-refractivity contribution is 0.112. The Balaban J connectivity index is 2.93. The van der Waals surface area contributed by atoms with Gasteiger partial charge >= 0.3 is 0 Å². The maximum absolute atomic E-state index is 11.4. The second kappa shape index (κ2) is 3.35. The summed E-state index contributed by atoms with van der Waals surface area (Å²) < 4.78 is 0. The zero-order valence-corrected chi connectivity index (χ0v) is 8.63. The number of hydrogen-bond acceptors (Lipinski definition) is 2. The average Bonchev–Trinajstić information content (AvgIpc) is 2.18. The van der Waals surface area contributed by atoms with E-state index in [4.69, 9.17) is 0 Å². The van der Waals surface area contributed by atoms with Crippen LogP contribution in [0.4, 0.5) is 0 Å². The quantitative estimate of drug-likeness (QED) is 0.717. The molecule has 0 aliphatic heterocycles. The molecule has 1 heterocycles. The van der Waals surface area contributed by atoms with Crippen molar-refractivity contribution >= 4 is 17.2 Å². The first kappa shape index (κ1) is 9.65. The van der Waals surface area contributed by atoms with Crippen LogP contribution in [-0.2, 0) is 0 Å². The number of rotatable bonds is 1. The van der Waals surface area contributed by atoms with Crippen LogP contribution in [0.2, 0.25) is 0 Å². The van der Waals surface area contributed by atoms with Crippen LogP contribution in [0.25, 0.3) is 10.9 Å². The van der Waals surface area contributed by atoms with Gasteiger partial charge in [-0.05, 0) is 36.9 Å². The van der Waals surface area contributed by atoms with Crippen LogP contribution in [0.1, 0.15) is 21.5 Å². The second-order valence-corrected chi connectivity index (χ2v) is 3.72. The lowest BCUT2D eigenvalue weighted by Crippen LogP contribution is -2.11. The van der Waals surface area contributed by atoms with Gasteiger partial charge in [0.1, 0.15) is 0 Å². The molecule has 2 rings (SSSR count). The van der Waals surface area contributed by atoms with Crippen LogP contribution in [-0.4, -0.2) is 11.3 Å². The standard InChI is InChI=1S/C12H11NO2/c1-7-3-8(2)11-9(4-7)5-10(6-14)12(15)13-11/h3-6H,1-2H3,(H,13,15). The van der Waals surface area contributed by atoms with E-state index in [9.17, 15) is 9.59 Å². The van der Waals surface area contributed by atoms with E-state index < -0.39 is 0 Å². The molecule has 0 radical (unpaired) electrons. The van der Waals surface area contributed by atoms with Crippen molar-refractivity contribution in [1.29, 1.82) is 0 Å². The van der Waals surface area contributed by atoms with Crippen molar-refractivity contribution in [3.05, 3.63) is 45.2 Å². The van der Waals surface area contributed by atoms with Crippen molar-refractivity contribution in [2.75, 3.05) is 0 Å². The van der Waals surface area contributed by atoms with E-state index in [0.717, 1.165) is 22.0 Å². The van der Waals surface area contributed by atoms with Gasteiger partial charge in [0.15, 0.2) is 6.29 Å². The number of carbonyl (C=O) groups excluding carboxylic acids is 1. The molecule has 0 aliphatic carbocycles. The van der Waals surface area contributed by atoms with Crippen LogP contribution in [0.3, 0.4) is 0 Å². The highest BCUT2D eigenvalue weighted by molar-refractivity contribution is 5.87. The molecule has 0 aliphatic rings. The van der Waals surface area contributed by atoms with Gasteiger partial charge in [0, 0.05) is 0 Å². The maximum atomic E-state index is 11.4. The molecule has 0 spiro atoms. The Kier molecular flexibility index (Phi) is 2.15. The number of hydrogen-bond donors (Lipinski definition) is 1. The van der Waals surface area contributed by atoms with Gasteiger partial charge in [-0.25, -0.2) is 0 Å². The molecule has 2 aromatic rings. The number of aldehydes is 1. The minimum atomic E-state index is -0.329. The van der Waals surface area contributed by atoms with E-state index in [1.165, 1.54) is 0 Å². The Bertz CT molecular complexity index is 596. The van der Waals surface area contributed by atoms with Crippen molar-refractivity contribution in [3.8, 4) is 0 Å². The fourth-order valence-corrected chi connectivity index (χ4v) is 1.79. The Morgan fingerprint density at radius 1 is 1.20 bits per heavy atom. The zero-order chi connectivity index (χ0) is 11.0. The number of aryl methyl sites for hydroxylation is 2. The molecule has 0 unspecified atom stereocenters. The third kappa shape index (κ3) is 1.56. The molecule has 0 atom stereocenters. The van der Waals surface area contributed by atoms with Gasteiger partial charge in [0.2, 0.25) is 0 Å². The van der Waals surface area contributed by atoms with Crippen molar-refractivity contribution in [3.63, 3.8) is 0 Å². The van der Waals surface area contributed by atoms with Crippen LogP contribution >= 0.6 is 0 Å². The molecule has 0 amide bonds. The molecule has 0 saturated carbocycles. The first-order valence-electron chi connectivity index (χ1n) is 4.71. The van der Waals surface area contributed by atoms with Crippen LogP contribution in [0, 0.1) is 13.8 Å². The van der Waals surface area contributed by atoms with Gasteiger partial charge in [-0.1, -0.05) is 11.6 Å². The first-order chi connectivity index (χ1) is 7.11. The Morgan fingerprint density at radius 3 is 2.60 bits per heavy atom. The molecule has 0 saturated heterocycles. The summed E-state index contributed by atoms with van der Waals surface area (Å²) in [6, 6.07) is 5.57. The lowest BCUT2D eigenvalue weighted by Gasteiger charge is -2.04. The van der Waals surface area contributed by atoms with E-state index in [2.05, 4.69) is 4.98 Å². The van der Waals surface area contributed by atoms with Crippen LogP contribution in [0.5, 0.6) is 0 Å². The molecule has 1 N–H and O–H groups in total. The van der Waals surface area contributed by atoms with Gasteiger partial charge in [0.05, 0.1) is 11.1 Å². The number of carbonyl (C=O) groups is 1. The van der Waals surface area contributed by atoms with E-state index in [1.807, 2.05) is 26.0 Å². The second-order valence-electron chi connectivity index (χ2n) is 3.72. The number of benzene rings is 1. The summed E-state index contributed by atoms with van der Waals surface area (Å²) in [5.41, 5.74) is 2.77. The van der Waals surface area contributed by atoms with Crippen molar-refractivity contribution in [2.24, 2.45) is 0 Å². The molecule has 76 valence electrons. The highest BCUT2D eigenvalue weighted by Gasteiger charge is 2.04.